The van der Waals surface area contributed by atoms with E-state index in [1.54, 1.807) is 32.2 Å². The third-order valence-corrected chi connectivity index (χ3v) is 3.91. The van der Waals surface area contributed by atoms with E-state index in [1.807, 2.05) is 24.3 Å². The van der Waals surface area contributed by atoms with E-state index >= 15 is 0 Å². The Balaban J connectivity index is 2.10. The Labute approximate surface area is 163 Å². The molecule has 2 rings (SSSR count). The first-order valence-electron chi connectivity index (χ1n) is 8.06. The first kappa shape index (κ1) is 20.2. The van der Waals surface area contributed by atoms with Crippen molar-refractivity contribution in [1.29, 1.82) is 0 Å². The van der Waals surface area contributed by atoms with E-state index in [0.29, 0.717) is 33.6 Å². The molecule has 7 nitrogen and oxygen atoms in total. The summed E-state index contributed by atoms with van der Waals surface area (Å²) in [5, 5.41) is 18.5. The number of carboxylic acids is 1. The number of benzene rings is 2. The Kier molecular flexibility index (Phi) is 7.13. The van der Waals surface area contributed by atoms with E-state index in [0.717, 1.165) is 5.56 Å². The molecule has 0 atom stereocenters. The molecule has 8 heteroatoms. The number of hydrogen-bond donors (Lipinski definition) is 2. The lowest BCUT2D eigenvalue weighted by atomic mass is 10.0. The maximum atomic E-state index is 10.9. The fraction of sp³-hybridized carbons (Fsp3) is 0.211. The third-order valence-electron chi connectivity index (χ3n) is 3.71. The molecule has 0 bridgehead atoms. The molecule has 0 amide bonds. The van der Waals surface area contributed by atoms with E-state index in [1.165, 1.54) is 7.11 Å². The summed E-state index contributed by atoms with van der Waals surface area (Å²) in [7, 11) is 3.06. The summed E-state index contributed by atoms with van der Waals surface area (Å²) in [4.78, 5) is 10.9. The van der Waals surface area contributed by atoms with Gasteiger partial charge in [-0.3, -0.25) is 5.43 Å². The van der Waals surface area contributed by atoms with Gasteiger partial charge >= 0.3 is 0 Å². The standard InChI is InChI=1S/C19H21N3O4S/c1-12(13-8-9-16(25-2)14(10-13)11-18(23)24)21-22-19(27)20-15-6-4-5-7-17(15)26-3/h4-10H,11H2,1-3H3,(H,23,24)(H2,20,22,27)/p-1/b21-12-. The summed E-state index contributed by atoms with van der Waals surface area (Å²) in [6.07, 6.45) is -0.245. The van der Waals surface area contributed by atoms with Gasteiger partial charge in [0.1, 0.15) is 11.5 Å². The molecule has 0 heterocycles. The number of aliphatic carboxylic acids is 1. The highest BCUT2D eigenvalue weighted by atomic mass is 32.1. The maximum absolute atomic E-state index is 10.9. The van der Waals surface area contributed by atoms with Crippen LogP contribution in [-0.4, -0.2) is 31.0 Å². The zero-order valence-electron chi connectivity index (χ0n) is 15.2. The third kappa shape index (κ3) is 5.68. The smallest absolute Gasteiger partial charge is 0.191 e. The lowest BCUT2D eigenvalue weighted by molar-refractivity contribution is -0.304. The zero-order valence-corrected chi connectivity index (χ0v) is 16.1. The number of carbonyl (C=O) groups is 1. The summed E-state index contributed by atoms with van der Waals surface area (Å²) < 4.78 is 10.4. The van der Waals surface area contributed by atoms with Gasteiger partial charge < -0.3 is 24.7 Å². The van der Waals surface area contributed by atoms with Gasteiger partial charge in [0, 0.05) is 18.0 Å². The van der Waals surface area contributed by atoms with Crippen LogP contribution in [0.25, 0.3) is 0 Å². The SMILES string of the molecule is COc1ccc(/C(C)=N\NC(=S)Nc2ccccc2OC)cc1CC(=O)[O-]. The maximum Gasteiger partial charge on any atom is 0.191 e. The highest BCUT2D eigenvalue weighted by molar-refractivity contribution is 7.80. The molecule has 2 aromatic carbocycles. The number of hydrogen-bond acceptors (Lipinski definition) is 6. The molecule has 0 saturated heterocycles. The van der Waals surface area contributed by atoms with Gasteiger partial charge in [-0.2, -0.15) is 5.10 Å². The topological polar surface area (TPSA) is 95.0 Å². The van der Waals surface area contributed by atoms with Crippen molar-refractivity contribution in [3.8, 4) is 11.5 Å². The molecule has 0 spiro atoms. The highest BCUT2D eigenvalue weighted by Gasteiger charge is 2.08. The fourth-order valence-electron chi connectivity index (χ4n) is 2.39. The van der Waals surface area contributed by atoms with Crippen LogP contribution in [-0.2, 0) is 11.2 Å². The van der Waals surface area contributed by atoms with Crippen molar-refractivity contribution in [1.82, 2.24) is 5.43 Å². The molecule has 142 valence electrons. The number of hydrazone groups is 1. The Morgan fingerprint density at radius 3 is 2.52 bits per heavy atom. The lowest BCUT2D eigenvalue weighted by Crippen LogP contribution is -2.25. The van der Waals surface area contributed by atoms with Crippen molar-refractivity contribution < 1.29 is 19.4 Å². The Bertz CT molecular complexity index is 868. The van der Waals surface area contributed by atoms with E-state index in [-0.39, 0.29) is 6.42 Å². The van der Waals surface area contributed by atoms with Crippen LogP contribution in [0.2, 0.25) is 0 Å². The van der Waals surface area contributed by atoms with Crippen LogP contribution in [0, 0.1) is 0 Å². The van der Waals surface area contributed by atoms with E-state index in [4.69, 9.17) is 21.7 Å². The molecule has 0 aromatic heterocycles. The monoisotopic (exact) mass is 386 g/mol. The van der Waals surface area contributed by atoms with Gasteiger partial charge in [0.05, 0.1) is 25.6 Å². The predicted octanol–water partition coefficient (Wildman–Crippen LogP) is 1.71. The fourth-order valence-corrected chi connectivity index (χ4v) is 2.55. The molecular weight excluding hydrogens is 366 g/mol. The van der Waals surface area contributed by atoms with Crippen LogP contribution >= 0.6 is 12.2 Å². The van der Waals surface area contributed by atoms with Crippen molar-refractivity contribution >= 4 is 34.7 Å². The number of nitrogens with one attached hydrogen (secondary N) is 2. The Morgan fingerprint density at radius 1 is 1.15 bits per heavy atom. The minimum Gasteiger partial charge on any atom is -0.550 e. The van der Waals surface area contributed by atoms with Crippen molar-refractivity contribution in [2.75, 3.05) is 19.5 Å². The normalized spacial score (nSPS) is 10.9. The van der Waals surface area contributed by atoms with Gasteiger partial charge in [-0.1, -0.05) is 12.1 Å². The molecule has 0 aliphatic rings. The van der Waals surface area contributed by atoms with Crippen molar-refractivity contribution in [2.45, 2.75) is 13.3 Å². The van der Waals surface area contributed by atoms with Gasteiger partial charge in [-0.25, -0.2) is 0 Å². The molecule has 0 radical (unpaired) electrons. The summed E-state index contributed by atoms with van der Waals surface area (Å²) in [6.45, 7) is 1.78. The average Bonchev–Trinajstić information content (AvgIpc) is 2.66. The first-order valence-corrected chi connectivity index (χ1v) is 8.47. The summed E-state index contributed by atoms with van der Waals surface area (Å²) >= 11 is 5.24. The number of carbonyl (C=O) groups excluding carboxylic acids is 1. The summed E-state index contributed by atoms with van der Waals surface area (Å²) in [5.41, 5.74) is 5.35. The van der Waals surface area contributed by atoms with Gasteiger partial charge in [0.15, 0.2) is 5.11 Å². The van der Waals surface area contributed by atoms with E-state index in [9.17, 15) is 9.90 Å². The van der Waals surface area contributed by atoms with Crippen molar-refractivity contribution in [3.05, 3.63) is 53.6 Å². The van der Waals surface area contributed by atoms with E-state index in [2.05, 4.69) is 15.8 Å². The highest BCUT2D eigenvalue weighted by Crippen LogP contribution is 2.23. The minimum absolute atomic E-state index is 0.245. The zero-order chi connectivity index (χ0) is 19.8. The molecular formula is C19H20N3O4S-. The van der Waals surface area contributed by atoms with Gasteiger partial charge in [-0.05, 0) is 55.0 Å². The summed E-state index contributed by atoms with van der Waals surface area (Å²) in [5.74, 6) is -0.0400. The van der Waals surface area contributed by atoms with Crippen LogP contribution in [0.1, 0.15) is 18.1 Å². The van der Waals surface area contributed by atoms with Crippen LogP contribution in [0.3, 0.4) is 0 Å². The van der Waals surface area contributed by atoms with Gasteiger partial charge in [0.25, 0.3) is 0 Å². The second-order valence-corrected chi connectivity index (χ2v) is 5.95. The van der Waals surface area contributed by atoms with Crippen LogP contribution < -0.4 is 25.3 Å². The molecule has 2 N–H and O–H groups in total. The Hall–Kier alpha value is -3.13. The van der Waals surface area contributed by atoms with Gasteiger partial charge in [0.2, 0.25) is 0 Å². The second-order valence-electron chi connectivity index (χ2n) is 5.54. The largest absolute Gasteiger partial charge is 0.550 e. The molecule has 0 unspecified atom stereocenters. The number of thiocarbonyl (C=S) groups is 1. The first-order chi connectivity index (χ1) is 12.9. The van der Waals surface area contributed by atoms with E-state index < -0.39 is 5.97 Å². The molecule has 0 aliphatic carbocycles. The summed E-state index contributed by atoms with van der Waals surface area (Å²) in [6, 6.07) is 12.5. The lowest BCUT2D eigenvalue weighted by Gasteiger charge is -2.13. The minimum atomic E-state index is -1.18. The number of para-hydroxylation sites is 2. The molecule has 0 aliphatic heterocycles. The second kappa shape index (κ2) is 9.54. The van der Waals surface area contributed by atoms with Crippen LogP contribution in [0.5, 0.6) is 11.5 Å². The molecule has 0 fully saturated rings. The molecule has 0 saturated carbocycles. The Morgan fingerprint density at radius 2 is 1.85 bits per heavy atom. The van der Waals surface area contributed by atoms with Crippen LogP contribution in [0.15, 0.2) is 47.6 Å². The number of anilines is 1. The molecule has 27 heavy (non-hydrogen) atoms. The van der Waals surface area contributed by atoms with Gasteiger partial charge in [-0.15, -0.1) is 0 Å². The number of carboxylic acid groups (broad SMARTS) is 1. The number of rotatable bonds is 7. The quantitative estimate of drug-likeness (QED) is 0.425. The average molecular weight is 386 g/mol. The van der Waals surface area contributed by atoms with Crippen LogP contribution in [0.4, 0.5) is 5.69 Å². The van der Waals surface area contributed by atoms with Crippen molar-refractivity contribution in [3.63, 3.8) is 0 Å². The number of methoxy groups -OCH3 is 2. The number of ether oxygens (including phenoxy) is 2. The predicted molar refractivity (Wildman–Crippen MR) is 106 cm³/mol. The molecule has 2 aromatic rings. The number of nitrogens with zero attached hydrogens (tertiary/aromatic N) is 1. The van der Waals surface area contributed by atoms with Crippen molar-refractivity contribution in [2.24, 2.45) is 5.10 Å².